The molecule has 1 atom stereocenters. The highest BCUT2D eigenvalue weighted by Gasteiger charge is 2.29. The number of aromatic nitrogens is 1. The highest BCUT2D eigenvalue weighted by atomic mass is 32.1. The highest BCUT2D eigenvalue weighted by molar-refractivity contribution is 7.10. The molecular weight excluding hydrogens is 430 g/mol. The molecule has 4 heterocycles. The number of rotatable bonds is 7. The van der Waals surface area contributed by atoms with Crippen LogP contribution in [0.1, 0.15) is 50.2 Å². The first-order valence-corrected chi connectivity index (χ1v) is 11.8. The van der Waals surface area contributed by atoms with E-state index in [9.17, 15) is 9.59 Å². The number of nitrogens with one attached hydrogen (secondary N) is 3. The molecule has 0 saturated carbocycles. The second-order valence-corrected chi connectivity index (χ2v) is 8.89. The van der Waals surface area contributed by atoms with Gasteiger partial charge in [-0.3, -0.25) is 10.1 Å². The van der Waals surface area contributed by atoms with Gasteiger partial charge in [-0.05, 0) is 37.0 Å². The van der Waals surface area contributed by atoms with Crippen LogP contribution in [0.15, 0.2) is 23.7 Å². The molecule has 2 aliphatic heterocycles. The Balaban J connectivity index is 1.44. The Morgan fingerprint density at radius 3 is 2.91 bits per heavy atom. The average molecular weight is 460 g/mol. The predicted octanol–water partition coefficient (Wildman–Crippen LogP) is 1.37. The molecule has 1 unspecified atom stereocenters. The molecule has 172 valence electrons. The number of likely N-dealkylation sites (tertiary alicyclic amines) is 1. The van der Waals surface area contributed by atoms with Gasteiger partial charge in [-0.25, -0.2) is 9.78 Å². The number of methoxy groups -OCH3 is 1. The molecule has 9 nitrogen and oxygen atoms in total. The lowest BCUT2D eigenvalue weighted by atomic mass is 10.0. The number of piperidine rings is 1. The number of esters is 1. The molecule has 4 rings (SSSR count). The number of aliphatic hydroxyl groups excluding tert-OH is 1. The summed E-state index contributed by atoms with van der Waals surface area (Å²) in [7, 11) is 1.38. The normalized spacial score (nSPS) is 19.2. The van der Waals surface area contributed by atoms with E-state index in [2.05, 4.69) is 25.8 Å². The number of anilines is 1. The molecule has 0 aromatic carbocycles. The number of nitrogens with zero attached hydrogens (tertiary/aromatic N) is 2. The lowest BCUT2D eigenvalue weighted by Gasteiger charge is -2.32. The predicted molar refractivity (Wildman–Crippen MR) is 122 cm³/mol. The lowest BCUT2D eigenvalue weighted by molar-refractivity contribution is 0.0600. The number of amides is 1. The Bertz CT molecular complexity index is 958. The third-order valence-corrected chi connectivity index (χ3v) is 7.08. The van der Waals surface area contributed by atoms with E-state index in [1.807, 2.05) is 0 Å². The summed E-state index contributed by atoms with van der Waals surface area (Å²) in [5.74, 6) is -0.00184. The van der Waals surface area contributed by atoms with Gasteiger partial charge in [-0.2, -0.15) is 0 Å². The Kier molecular flexibility index (Phi) is 7.36. The number of carbonyl (C=O) groups excluding carboxylic acids is 2. The van der Waals surface area contributed by atoms with Gasteiger partial charge in [0, 0.05) is 48.7 Å². The van der Waals surface area contributed by atoms with Crippen molar-refractivity contribution < 1.29 is 19.4 Å². The van der Waals surface area contributed by atoms with Gasteiger partial charge in [0.2, 0.25) is 0 Å². The van der Waals surface area contributed by atoms with Gasteiger partial charge in [0.1, 0.15) is 12.0 Å². The lowest BCUT2D eigenvalue weighted by Crippen LogP contribution is -2.42. The van der Waals surface area contributed by atoms with Crippen LogP contribution in [0.2, 0.25) is 0 Å². The van der Waals surface area contributed by atoms with Crippen molar-refractivity contribution >= 4 is 29.0 Å². The fraction of sp³-hybridized carbons (Fsp3) is 0.500. The quantitative estimate of drug-likeness (QED) is 0.459. The van der Waals surface area contributed by atoms with E-state index < -0.39 is 0 Å². The molecule has 1 saturated heterocycles. The number of thiophene rings is 1. The van der Waals surface area contributed by atoms with Crippen molar-refractivity contribution in [1.82, 2.24) is 20.5 Å². The molecule has 1 fully saturated rings. The standard InChI is InChI=1S/C22H29N5O4S/c1-31-22(30)17-13-32-18-15(17)4-8-24-20(18)26-21(29)16-3-2-7-23-19(16)25-14-5-9-27(10-6-14)11-12-28/h2-3,7,13-14,20,24,28H,4-6,8-12H2,1H3,(H,23,25)(H,26,29). The second kappa shape index (κ2) is 10.4. The van der Waals surface area contributed by atoms with Gasteiger partial charge >= 0.3 is 5.97 Å². The summed E-state index contributed by atoms with van der Waals surface area (Å²) >= 11 is 1.45. The molecule has 0 spiro atoms. The summed E-state index contributed by atoms with van der Waals surface area (Å²) in [6.07, 6.45) is 3.88. The van der Waals surface area contributed by atoms with Crippen molar-refractivity contribution in [3.63, 3.8) is 0 Å². The Labute approximate surface area is 191 Å². The molecule has 2 aliphatic rings. The topological polar surface area (TPSA) is 116 Å². The van der Waals surface area contributed by atoms with Crippen LogP contribution in [0, 0.1) is 0 Å². The first kappa shape index (κ1) is 22.7. The number of carbonyl (C=O) groups is 2. The van der Waals surface area contributed by atoms with Gasteiger partial charge in [-0.15, -0.1) is 11.3 Å². The van der Waals surface area contributed by atoms with Crippen LogP contribution in [0.3, 0.4) is 0 Å². The molecule has 32 heavy (non-hydrogen) atoms. The zero-order valence-corrected chi connectivity index (χ0v) is 18.9. The SMILES string of the molecule is COC(=O)c1csc2c1CCNC2NC(=O)c1cccnc1NC1CCN(CCO)CC1. The molecule has 10 heteroatoms. The van der Waals surface area contributed by atoms with Crippen molar-refractivity contribution in [2.24, 2.45) is 0 Å². The van der Waals surface area contributed by atoms with Crippen LogP contribution in [-0.2, 0) is 11.2 Å². The minimum Gasteiger partial charge on any atom is -0.465 e. The first-order chi connectivity index (χ1) is 15.6. The third kappa shape index (κ3) is 4.93. The highest BCUT2D eigenvalue weighted by Crippen LogP contribution is 2.31. The first-order valence-electron chi connectivity index (χ1n) is 10.9. The van der Waals surface area contributed by atoms with Crippen LogP contribution in [0.25, 0.3) is 0 Å². The van der Waals surface area contributed by atoms with E-state index >= 15 is 0 Å². The van der Waals surface area contributed by atoms with Gasteiger partial charge in [0.05, 0.1) is 24.8 Å². The van der Waals surface area contributed by atoms with Crippen molar-refractivity contribution in [2.75, 3.05) is 45.2 Å². The fourth-order valence-electron chi connectivity index (χ4n) is 4.28. The maximum absolute atomic E-state index is 13.2. The van der Waals surface area contributed by atoms with Gasteiger partial charge < -0.3 is 25.4 Å². The van der Waals surface area contributed by atoms with Crippen molar-refractivity contribution in [1.29, 1.82) is 0 Å². The van der Waals surface area contributed by atoms with Crippen molar-refractivity contribution in [3.05, 3.63) is 45.3 Å². The van der Waals surface area contributed by atoms with E-state index in [0.29, 0.717) is 36.5 Å². The number of hydrogen-bond acceptors (Lipinski definition) is 9. The maximum atomic E-state index is 13.2. The van der Waals surface area contributed by atoms with Crippen LogP contribution < -0.4 is 16.0 Å². The number of aliphatic hydroxyl groups is 1. The van der Waals surface area contributed by atoms with E-state index in [0.717, 1.165) is 36.4 Å². The molecular formula is C22H29N5O4S. The number of pyridine rings is 1. The monoisotopic (exact) mass is 459 g/mol. The van der Waals surface area contributed by atoms with Crippen LogP contribution in [-0.4, -0.2) is 72.8 Å². The minimum atomic E-state index is -0.371. The minimum absolute atomic E-state index is 0.172. The summed E-state index contributed by atoms with van der Waals surface area (Å²) in [4.78, 5) is 32.8. The zero-order valence-electron chi connectivity index (χ0n) is 18.1. The average Bonchev–Trinajstić information content (AvgIpc) is 3.25. The summed E-state index contributed by atoms with van der Waals surface area (Å²) in [6, 6.07) is 3.75. The Morgan fingerprint density at radius 1 is 1.34 bits per heavy atom. The molecule has 2 aromatic heterocycles. The third-order valence-electron chi connectivity index (χ3n) is 5.99. The number of β-amino-alcohol motifs (C(OH)–C–C–N with tert-alkyl or cyclic N) is 1. The number of fused-ring (bicyclic) bond motifs is 1. The molecule has 0 aliphatic carbocycles. The van der Waals surface area contributed by atoms with Crippen LogP contribution >= 0.6 is 11.3 Å². The van der Waals surface area contributed by atoms with Crippen molar-refractivity contribution in [3.8, 4) is 0 Å². The largest absolute Gasteiger partial charge is 0.465 e. The number of ether oxygens (including phenoxy) is 1. The maximum Gasteiger partial charge on any atom is 0.338 e. The zero-order chi connectivity index (χ0) is 22.5. The van der Waals surface area contributed by atoms with E-state index in [-0.39, 0.29) is 30.7 Å². The fourth-order valence-corrected chi connectivity index (χ4v) is 5.39. The summed E-state index contributed by atoms with van der Waals surface area (Å²) in [6.45, 7) is 3.33. The van der Waals surface area contributed by atoms with Crippen molar-refractivity contribution in [2.45, 2.75) is 31.5 Å². The smallest absolute Gasteiger partial charge is 0.338 e. The van der Waals surface area contributed by atoms with E-state index in [1.54, 1.807) is 23.7 Å². The molecule has 0 radical (unpaired) electrons. The summed E-state index contributed by atoms with van der Waals surface area (Å²) < 4.78 is 4.88. The van der Waals surface area contributed by atoms with E-state index in [1.165, 1.54) is 18.4 Å². The Morgan fingerprint density at radius 2 is 2.16 bits per heavy atom. The van der Waals surface area contributed by atoms with Crippen LogP contribution in [0.5, 0.6) is 0 Å². The molecule has 4 N–H and O–H groups in total. The molecule has 0 bridgehead atoms. The Hall–Kier alpha value is -2.53. The molecule has 2 aromatic rings. The molecule has 1 amide bonds. The summed E-state index contributed by atoms with van der Waals surface area (Å²) in [5.41, 5.74) is 2.00. The van der Waals surface area contributed by atoms with Gasteiger partial charge in [0.25, 0.3) is 5.91 Å². The number of hydrogen-bond donors (Lipinski definition) is 4. The summed E-state index contributed by atoms with van der Waals surface area (Å²) in [5, 5.41) is 20.7. The van der Waals surface area contributed by atoms with Gasteiger partial charge in [-0.1, -0.05) is 0 Å². The van der Waals surface area contributed by atoms with E-state index in [4.69, 9.17) is 9.84 Å². The van der Waals surface area contributed by atoms with Crippen LogP contribution in [0.4, 0.5) is 5.82 Å². The van der Waals surface area contributed by atoms with Gasteiger partial charge in [0.15, 0.2) is 0 Å². The second-order valence-electron chi connectivity index (χ2n) is 7.98.